The van der Waals surface area contributed by atoms with Gasteiger partial charge in [-0.05, 0) is 0 Å². The zero-order chi connectivity index (χ0) is 5.98. The lowest BCUT2D eigenvalue weighted by Crippen LogP contribution is -2.15. The molecule has 1 fully saturated rings. The molecule has 0 spiro atoms. The van der Waals surface area contributed by atoms with Crippen molar-refractivity contribution in [3.8, 4) is 0 Å². The van der Waals surface area contributed by atoms with Gasteiger partial charge in [0.15, 0.2) is 0 Å². The molecule has 1 saturated heterocycles. The molecule has 0 bridgehead atoms. The lowest BCUT2D eigenvalue weighted by Gasteiger charge is -1.95. The quantitative estimate of drug-likeness (QED) is 0.520. The maximum atomic E-state index is 4.89. The van der Waals surface area contributed by atoms with Crippen molar-refractivity contribution in [1.82, 2.24) is 5.32 Å². The standard InChI is InChI=1S/C4H6BrNS2/c5-1-3-2-6-4(7)8-3/h3H,1-2H2,(H,6,7). The summed E-state index contributed by atoms with van der Waals surface area (Å²) in [5.41, 5.74) is 0. The molecule has 0 radical (unpaired) electrons. The van der Waals surface area contributed by atoms with Gasteiger partial charge in [0.1, 0.15) is 4.32 Å². The molecule has 0 aromatic heterocycles. The van der Waals surface area contributed by atoms with Gasteiger partial charge in [-0.3, -0.25) is 0 Å². The summed E-state index contributed by atoms with van der Waals surface area (Å²) < 4.78 is 0.939. The minimum atomic E-state index is 0.655. The van der Waals surface area contributed by atoms with Crippen molar-refractivity contribution < 1.29 is 0 Å². The molecule has 1 nitrogen and oxygen atoms in total. The highest BCUT2D eigenvalue weighted by atomic mass is 79.9. The third kappa shape index (κ3) is 1.60. The van der Waals surface area contributed by atoms with Crippen molar-refractivity contribution in [3.63, 3.8) is 0 Å². The minimum absolute atomic E-state index is 0.655. The fourth-order valence-corrected chi connectivity index (χ4v) is 2.33. The molecule has 1 heterocycles. The first-order valence-electron chi connectivity index (χ1n) is 2.33. The Balaban J connectivity index is 2.32. The van der Waals surface area contributed by atoms with Crippen LogP contribution in [0.5, 0.6) is 0 Å². The fraction of sp³-hybridized carbons (Fsp3) is 0.750. The Bertz CT molecular complexity index is 106. The maximum absolute atomic E-state index is 4.89. The van der Waals surface area contributed by atoms with E-state index in [1.165, 1.54) is 0 Å². The highest BCUT2D eigenvalue weighted by molar-refractivity contribution is 9.09. The topological polar surface area (TPSA) is 12.0 Å². The molecule has 46 valence electrons. The van der Waals surface area contributed by atoms with Crippen molar-refractivity contribution in [2.45, 2.75) is 5.25 Å². The number of thioether (sulfide) groups is 1. The predicted octanol–water partition coefficient (Wildman–Crippen LogP) is 1.37. The van der Waals surface area contributed by atoms with Crippen molar-refractivity contribution in [3.05, 3.63) is 0 Å². The molecule has 0 saturated carbocycles. The molecule has 0 aromatic rings. The summed E-state index contributed by atoms with van der Waals surface area (Å²) >= 11 is 10.0. The van der Waals surface area contributed by atoms with E-state index in [4.69, 9.17) is 12.2 Å². The maximum Gasteiger partial charge on any atom is 0.134 e. The van der Waals surface area contributed by atoms with E-state index in [0.717, 1.165) is 16.2 Å². The smallest absolute Gasteiger partial charge is 0.134 e. The Labute approximate surface area is 66.7 Å². The van der Waals surface area contributed by atoms with Crippen LogP contribution in [0.4, 0.5) is 0 Å². The Morgan fingerprint density at radius 2 is 2.75 bits per heavy atom. The van der Waals surface area contributed by atoms with E-state index in [1.54, 1.807) is 11.8 Å². The molecule has 1 N–H and O–H groups in total. The third-order valence-corrected chi connectivity index (χ3v) is 3.59. The summed E-state index contributed by atoms with van der Waals surface area (Å²) in [6, 6.07) is 0. The summed E-state index contributed by atoms with van der Waals surface area (Å²) in [6.07, 6.45) is 0. The monoisotopic (exact) mass is 211 g/mol. The van der Waals surface area contributed by atoms with Gasteiger partial charge in [0, 0.05) is 17.1 Å². The molecule has 0 aromatic carbocycles. The molecular formula is C4H6BrNS2. The Hall–Kier alpha value is 0.720. The zero-order valence-corrected chi connectivity index (χ0v) is 7.41. The first-order valence-corrected chi connectivity index (χ1v) is 4.74. The minimum Gasteiger partial charge on any atom is -0.370 e. The van der Waals surface area contributed by atoms with E-state index in [9.17, 15) is 0 Å². The second kappa shape index (κ2) is 3.03. The van der Waals surface area contributed by atoms with Crippen LogP contribution in [0.2, 0.25) is 0 Å². The normalized spacial score (nSPS) is 28.1. The molecule has 1 unspecified atom stereocenters. The number of hydrogen-bond acceptors (Lipinski definition) is 2. The third-order valence-electron chi connectivity index (χ3n) is 0.920. The lowest BCUT2D eigenvalue weighted by molar-refractivity contribution is 0.909. The average molecular weight is 212 g/mol. The Kier molecular flexibility index (Phi) is 2.59. The van der Waals surface area contributed by atoms with Crippen molar-refractivity contribution in [2.24, 2.45) is 0 Å². The van der Waals surface area contributed by atoms with Crippen molar-refractivity contribution >= 4 is 44.2 Å². The highest BCUT2D eigenvalue weighted by Gasteiger charge is 2.17. The number of alkyl halides is 1. The van der Waals surface area contributed by atoms with Gasteiger partial charge in [-0.1, -0.05) is 39.9 Å². The van der Waals surface area contributed by atoms with Crippen LogP contribution >= 0.6 is 39.9 Å². The summed E-state index contributed by atoms with van der Waals surface area (Å²) in [6.45, 7) is 1.02. The van der Waals surface area contributed by atoms with E-state index >= 15 is 0 Å². The first-order chi connectivity index (χ1) is 3.83. The van der Waals surface area contributed by atoms with Crippen LogP contribution in [-0.2, 0) is 0 Å². The van der Waals surface area contributed by atoms with E-state index < -0.39 is 0 Å². The number of nitrogens with one attached hydrogen (secondary N) is 1. The Morgan fingerprint density at radius 1 is 2.00 bits per heavy atom. The van der Waals surface area contributed by atoms with Crippen LogP contribution in [0.3, 0.4) is 0 Å². The van der Waals surface area contributed by atoms with Crippen LogP contribution < -0.4 is 5.32 Å². The zero-order valence-electron chi connectivity index (χ0n) is 4.19. The molecule has 8 heavy (non-hydrogen) atoms. The average Bonchev–Trinajstić information content (AvgIpc) is 2.14. The number of hydrogen-bond donors (Lipinski definition) is 1. The number of rotatable bonds is 1. The molecule has 1 rings (SSSR count). The van der Waals surface area contributed by atoms with E-state index in [-0.39, 0.29) is 0 Å². The molecule has 0 amide bonds. The van der Waals surface area contributed by atoms with Crippen LogP contribution in [0, 0.1) is 0 Å². The summed E-state index contributed by atoms with van der Waals surface area (Å²) in [5.74, 6) is 0. The summed E-state index contributed by atoms with van der Waals surface area (Å²) in [4.78, 5) is 0. The van der Waals surface area contributed by atoms with Crippen molar-refractivity contribution in [1.29, 1.82) is 0 Å². The van der Waals surface area contributed by atoms with Gasteiger partial charge in [0.05, 0.1) is 0 Å². The molecule has 1 aliphatic heterocycles. The fourth-order valence-electron chi connectivity index (χ4n) is 0.518. The van der Waals surface area contributed by atoms with Crippen molar-refractivity contribution in [2.75, 3.05) is 11.9 Å². The molecule has 1 atom stereocenters. The van der Waals surface area contributed by atoms with Gasteiger partial charge < -0.3 is 5.32 Å². The second-order valence-electron chi connectivity index (χ2n) is 1.56. The summed E-state index contributed by atoms with van der Waals surface area (Å²) in [5, 5.41) is 4.77. The largest absolute Gasteiger partial charge is 0.370 e. The van der Waals surface area contributed by atoms with Gasteiger partial charge >= 0.3 is 0 Å². The van der Waals surface area contributed by atoms with Crippen LogP contribution in [0.25, 0.3) is 0 Å². The van der Waals surface area contributed by atoms with E-state index in [0.29, 0.717) is 5.25 Å². The van der Waals surface area contributed by atoms with Gasteiger partial charge in [-0.15, -0.1) is 0 Å². The highest BCUT2D eigenvalue weighted by Crippen LogP contribution is 2.18. The SMILES string of the molecule is S=C1NCC(CBr)S1. The van der Waals surface area contributed by atoms with Gasteiger partial charge in [-0.25, -0.2) is 0 Å². The summed E-state index contributed by atoms with van der Waals surface area (Å²) in [7, 11) is 0. The number of halogens is 1. The van der Waals surface area contributed by atoms with Gasteiger partial charge in [0.25, 0.3) is 0 Å². The molecular weight excluding hydrogens is 206 g/mol. The molecule has 4 heteroatoms. The molecule has 0 aliphatic carbocycles. The van der Waals surface area contributed by atoms with Gasteiger partial charge in [0.2, 0.25) is 0 Å². The number of thiocarbonyl (C=S) groups is 1. The second-order valence-corrected chi connectivity index (χ2v) is 4.19. The predicted molar refractivity (Wildman–Crippen MR) is 45.8 cm³/mol. The lowest BCUT2D eigenvalue weighted by atomic mass is 10.5. The molecule has 1 aliphatic rings. The van der Waals surface area contributed by atoms with Crippen LogP contribution in [-0.4, -0.2) is 21.4 Å². The van der Waals surface area contributed by atoms with Gasteiger partial charge in [-0.2, -0.15) is 0 Å². The van der Waals surface area contributed by atoms with Crippen LogP contribution in [0.1, 0.15) is 0 Å². The van der Waals surface area contributed by atoms with E-state index in [2.05, 4.69) is 21.2 Å². The van der Waals surface area contributed by atoms with E-state index in [1.807, 2.05) is 0 Å². The van der Waals surface area contributed by atoms with Crippen LogP contribution in [0.15, 0.2) is 0 Å². The Morgan fingerprint density at radius 3 is 3.00 bits per heavy atom. The first kappa shape index (κ1) is 6.83.